The Balaban J connectivity index is 1.83. The summed E-state index contributed by atoms with van der Waals surface area (Å²) >= 11 is 5.91. The monoisotopic (exact) mass is 329 g/mol. The Morgan fingerprint density at radius 1 is 1.09 bits per heavy atom. The lowest BCUT2D eigenvalue weighted by Crippen LogP contribution is -2.29. The topological polar surface area (TPSA) is 46.6 Å². The summed E-state index contributed by atoms with van der Waals surface area (Å²) in [5.74, 6) is -0.258. The molecule has 0 unspecified atom stereocenters. The van der Waals surface area contributed by atoms with Crippen LogP contribution < -0.4 is 9.64 Å². The third-order valence-corrected chi connectivity index (χ3v) is 3.80. The van der Waals surface area contributed by atoms with Gasteiger partial charge < -0.3 is 9.64 Å². The number of hydrogen-bond donors (Lipinski definition) is 0. The molecule has 0 fully saturated rings. The first-order valence-electron chi connectivity index (χ1n) is 7.37. The maximum absolute atomic E-state index is 12.2. The Labute approximate surface area is 139 Å². The lowest BCUT2D eigenvalue weighted by molar-refractivity contribution is -0.114. The van der Waals surface area contributed by atoms with E-state index in [9.17, 15) is 9.59 Å². The maximum Gasteiger partial charge on any atom is 0.299 e. The molecule has 1 amide bonds. The van der Waals surface area contributed by atoms with Crippen molar-refractivity contribution in [1.29, 1.82) is 0 Å². The van der Waals surface area contributed by atoms with E-state index in [1.165, 1.54) is 11.0 Å². The highest BCUT2D eigenvalue weighted by Crippen LogP contribution is 2.32. The van der Waals surface area contributed by atoms with Gasteiger partial charge in [-0.3, -0.25) is 9.59 Å². The van der Waals surface area contributed by atoms with Gasteiger partial charge in [0.15, 0.2) is 0 Å². The third-order valence-electron chi connectivity index (χ3n) is 3.57. The molecule has 3 rings (SSSR count). The summed E-state index contributed by atoms with van der Waals surface area (Å²) < 4.78 is 5.60. The molecule has 0 bridgehead atoms. The molecular formula is C18H16ClNO3. The number of ketones is 1. The minimum atomic E-state index is -0.523. The Bertz CT molecular complexity index is 768. The van der Waals surface area contributed by atoms with E-state index in [1.807, 2.05) is 38.1 Å². The fraction of sp³-hybridized carbons (Fsp3) is 0.222. The highest BCUT2D eigenvalue weighted by Gasteiger charge is 2.35. The number of ether oxygens (including phenoxy) is 1. The molecule has 0 N–H and O–H groups in total. The number of nitrogens with zero attached hydrogens (tertiary/aromatic N) is 1. The minimum Gasteiger partial charge on any atom is -0.491 e. The van der Waals surface area contributed by atoms with Gasteiger partial charge in [-0.05, 0) is 49.7 Å². The SMILES string of the molecule is CC(C)Oc1ccc(CN2C(=O)C(=O)c3cc(Cl)ccc32)cc1. The Kier molecular flexibility index (Phi) is 4.09. The molecule has 0 saturated carbocycles. The van der Waals surface area contributed by atoms with Gasteiger partial charge in [0.05, 0.1) is 23.9 Å². The molecule has 1 aliphatic heterocycles. The van der Waals surface area contributed by atoms with E-state index < -0.39 is 11.7 Å². The van der Waals surface area contributed by atoms with Crippen LogP contribution in [0, 0.1) is 0 Å². The fourth-order valence-corrected chi connectivity index (χ4v) is 2.73. The molecule has 0 saturated heterocycles. The van der Waals surface area contributed by atoms with Gasteiger partial charge in [-0.1, -0.05) is 23.7 Å². The predicted molar refractivity (Wildman–Crippen MR) is 89.2 cm³/mol. The van der Waals surface area contributed by atoms with Crippen LogP contribution in [0.2, 0.25) is 5.02 Å². The number of rotatable bonds is 4. The van der Waals surface area contributed by atoms with Crippen LogP contribution in [-0.2, 0) is 11.3 Å². The first-order chi connectivity index (χ1) is 11.0. The Morgan fingerprint density at radius 3 is 2.43 bits per heavy atom. The zero-order valence-electron chi connectivity index (χ0n) is 12.9. The van der Waals surface area contributed by atoms with Crippen molar-refractivity contribution >= 4 is 29.0 Å². The van der Waals surface area contributed by atoms with Gasteiger partial charge in [0.25, 0.3) is 11.7 Å². The van der Waals surface area contributed by atoms with Gasteiger partial charge in [0.1, 0.15) is 5.75 Å². The second kappa shape index (κ2) is 6.05. The van der Waals surface area contributed by atoms with Crippen molar-refractivity contribution in [1.82, 2.24) is 0 Å². The van der Waals surface area contributed by atoms with E-state index in [2.05, 4.69) is 0 Å². The molecule has 0 spiro atoms. The molecule has 2 aromatic carbocycles. The maximum atomic E-state index is 12.2. The summed E-state index contributed by atoms with van der Waals surface area (Å²) in [5.41, 5.74) is 1.89. The summed E-state index contributed by atoms with van der Waals surface area (Å²) in [5, 5.41) is 0.446. The second-order valence-corrected chi connectivity index (χ2v) is 6.13. The van der Waals surface area contributed by atoms with E-state index >= 15 is 0 Å². The van der Waals surface area contributed by atoms with Crippen molar-refractivity contribution in [3.8, 4) is 5.75 Å². The van der Waals surface area contributed by atoms with Crippen molar-refractivity contribution in [3.63, 3.8) is 0 Å². The average Bonchev–Trinajstić information content (AvgIpc) is 2.73. The number of halogens is 1. The van der Waals surface area contributed by atoms with E-state index in [4.69, 9.17) is 16.3 Å². The number of fused-ring (bicyclic) bond motifs is 1. The molecule has 1 aliphatic rings. The molecule has 0 aliphatic carbocycles. The molecule has 5 heteroatoms. The fourth-order valence-electron chi connectivity index (χ4n) is 2.56. The average molecular weight is 330 g/mol. The van der Waals surface area contributed by atoms with E-state index in [0.29, 0.717) is 22.8 Å². The summed E-state index contributed by atoms with van der Waals surface area (Å²) in [7, 11) is 0. The van der Waals surface area contributed by atoms with Crippen LogP contribution in [0.15, 0.2) is 42.5 Å². The number of Topliss-reactive ketones (excluding diaryl/α,β-unsaturated/α-hetero) is 1. The summed E-state index contributed by atoms with van der Waals surface area (Å²) in [6, 6.07) is 12.4. The second-order valence-electron chi connectivity index (χ2n) is 5.69. The van der Waals surface area contributed by atoms with Crippen molar-refractivity contribution in [2.45, 2.75) is 26.5 Å². The van der Waals surface area contributed by atoms with Crippen LogP contribution in [0.3, 0.4) is 0 Å². The van der Waals surface area contributed by atoms with E-state index in [0.717, 1.165) is 11.3 Å². The zero-order valence-corrected chi connectivity index (χ0v) is 13.6. The van der Waals surface area contributed by atoms with Crippen LogP contribution in [0.4, 0.5) is 5.69 Å². The highest BCUT2D eigenvalue weighted by atomic mass is 35.5. The van der Waals surface area contributed by atoms with Crippen molar-refractivity contribution in [2.24, 2.45) is 0 Å². The lowest BCUT2D eigenvalue weighted by Gasteiger charge is -2.17. The molecule has 1 heterocycles. The summed E-state index contributed by atoms with van der Waals surface area (Å²) in [4.78, 5) is 25.7. The normalized spacial score (nSPS) is 13.7. The van der Waals surface area contributed by atoms with Crippen molar-refractivity contribution in [2.75, 3.05) is 4.90 Å². The van der Waals surface area contributed by atoms with Gasteiger partial charge in [0, 0.05) is 5.02 Å². The molecule has 23 heavy (non-hydrogen) atoms. The van der Waals surface area contributed by atoms with Crippen molar-refractivity contribution < 1.29 is 14.3 Å². The zero-order chi connectivity index (χ0) is 16.6. The molecule has 0 atom stereocenters. The summed E-state index contributed by atoms with van der Waals surface area (Å²) in [6.45, 7) is 4.26. The summed E-state index contributed by atoms with van der Waals surface area (Å²) in [6.07, 6.45) is 0.107. The molecular weight excluding hydrogens is 314 g/mol. The van der Waals surface area contributed by atoms with E-state index in [1.54, 1.807) is 12.1 Å². The van der Waals surface area contributed by atoms with Gasteiger partial charge in [0.2, 0.25) is 0 Å². The molecule has 0 aromatic heterocycles. The Hall–Kier alpha value is -2.33. The molecule has 0 radical (unpaired) electrons. The van der Waals surface area contributed by atoms with Crippen LogP contribution in [-0.4, -0.2) is 17.8 Å². The highest BCUT2D eigenvalue weighted by molar-refractivity contribution is 6.52. The quantitative estimate of drug-likeness (QED) is 0.800. The molecule has 4 nitrogen and oxygen atoms in total. The van der Waals surface area contributed by atoms with Crippen LogP contribution >= 0.6 is 11.6 Å². The van der Waals surface area contributed by atoms with Crippen molar-refractivity contribution in [3.05, 3.63) is 58.6 Å². The smallest absolute Gasteiger partial charge is 0.299 e. The van der Waals surface area contributed by atoms with Gasteiger partial charge >= 0.3 is 0 Å². The van der Waals surface area contributed by atoms with Gasteiger partial charge in [-0.25, -0.2) is 0 Å². The van der Waals surface area contributed by atoms with Gasteiger partial charge in [-0.2, -0.15) is 0 Å². The van der Waals surface area contributed by atoms with Crippen LogP contribution in [0.25, 0.3) is 0 Å². The van der Waals surface area contributed by atoms with E-state index in [-0.39, 0.29) is 6.10 Å². The third kappa shape index (κ3) is 3.08. The molecule has 2 aromatic rings. The number of amides is 1. The first-order valence-corrected chi connectivity index (χ1v) is 7.75. The largest absolute Gasteiger partial charge is 0.491 e. The van der Waals surface area contributed by atoms with Crippen LogP contribution in [0.5, 0.6) is 5.75 Å². The number of hydrogen-bond acceptors (Lipinski definition) is 3. The number of carbonyl (C=O) groups excluding carboxylic acids is 2. The number of benzene rings is 2. The minimum absolute atomic E-state index is 0.107. The van der Waals surface area contributed by atoms with Gasteiger partial charge in [-0.15, -0.1) is 0 Å². The standard InChI is InChI=1S/C18H16ClNO3/c1-11(2)23-14-6-3-12(4-7-14)10-20-16-8-5-13(19)9-15(16)17(21)18(20)22/h3-9,11H,10H2,1-2H3. The lowest BCUT2D eigenvalue weighted by atomic mass is 10.1. The first kappa shape index (κ1) is 15.6. The number of anilines is 1. The Morgan fingerprint density at radius 2 is 1.78 bits per heavy atom. The van der Waals surface area contributed by atoms with Crippen LogP contribution in [0.1, 0.15) is 29.8 Å². The number of carbonyl (C=O) groups is 2. The predicted octanol–water partition coefficient (Wildman–Crippen LogP) is 3.86. The molecule has 118 valence electrons.